The lowest BCUT2D eigenvalue weighted by Crippen LogP contribution is -2.42. The highest BCUT2D eigenvalue weighted by atomic mass is 16.4. The molecule has 3 N–H and O–H groups in total. The third kappa shape index (κ3) is 2.69. The number of carboxylic acid groups (broad SMARTS) is 1. The van der Waals surface area contributed by atoms with Crippen LogP contribution in [0.2, 0.25) is 0 Å². The standard InChI is InChI=1S/C11H21NO3/c1-4-8(13)5-7-6-12-11(2,3)9(7)10(14)15/h7-9,12-13H,4-6H2,1-3H3,(H,14,15)/t7?,8-,9+/m0/s1. The predicted octanol–water partition coefficient (Wildman–Crippen LogP) is 0.846. The number of aliphatic hydroxyl groups is 1. The summed E-state index contributed by atoms with van der Waals surface area (Å²) in [5, 5.41) is 22.0. The minimum atomic E-state index is -0.765. The van der Waals surface area contributed by atoms with Crippen LogP contribution in [0.5, 0.6) is 0 Å². The van der Waals surface area contributed by atoms with Gasteiger partial charge in [-0.25, -0.2) is 0 Å². The number of aliphatic hydroxyl groups excluding tert-OH is 1. The highest BCUT2D eigenvalue weighted by Crippen LogP contribution is 2.34. The van der Waals surface area contributed by atoms with Gasteiger partial charge in [0, 0.05) is 5.54 Å². The Kier molecular flexibility index (Phi) is 3.73. The second-order valence-corrected chi connectivity index (χ2v) is 4.98. The Morgan fingerprint density at radius 1 is 1.60 bits per heavy atom. The maximum atomic E-state index is 11.2. The molecular formula is C11H21NO3. The van der Waals surface area contributed by atoms with Crippen LogP contribution in [0.4, 0.5) is 0 Å². The summed E-state index contributed by atoms with van der Waals surface area (Å²) in [6.07, 6.45) is 0.875. The van der Waals surface area contributed by atoms with Crippen molar-refractivity contribution in [3.8, 4) is 0 Å². The van der Waals surface area contributed by atoms with E-state index in [1.807, 2.05) is 20.8 Å². The molecule has 0 aliphatic carbocycles. The molecule has 1 heterocycles. The van der Waals surface area contributed by atoms with Gasteiger partial charge in [-0.3, -0.25) is 4.79 Å². The smallest absolute Gasteiger partial charge is 0.308 e. The Hall–Kier alpha value is -0.610. The Balaban J connectivity index is 2.70. The molecule has 1 fully saturated rings. The van der Waals surface area contributed by atoms with E-state index in [-0.39, 0.29) is 17.6 Å². The molecule has 0 spiro atoms. The molecule has 0 bridgehead atoms. The van der Waals surface area contributed by atoms with Gasteiger partial charge >= 0.3 is 5.97 Å². The van der Waals surface area contributed by atoms with Crippen molar-refractivity contribution in [1.82, 2.24) is 5.32 Å². The van der Waals surface area contributed by atoms with Gasteiger partial charge in [-0.1, -0.05) is 6.92 Å². The highest BCUT2D eigenvalue weighted by Gasteiger charge is 2.46. The molecule has 15 heavy (non-hydrogen) atoms. The highest BCUT2D eigenvalue weighted by molar-refractivity contribution is 5.72. The van der Waals surface area contributed by atoms with Crippen molar-refractivity contribution in [2.45, 2.75) is 45.3 Å². The zero-order chi connectivity index (χ0) is 11.6. The first kappa shape index (κ1) is 12.5. The van der Waals surface area contributed by atoms with E-state index in [4.69, 9.17) is 0 Å². The summed E-state index contributed by atoms with van der Waals surface area (Å²) in [6, 6.07) is 0. The maximum absolute atomic E-state index is 11.2. The summed E-state index contributed by atoms with van der Waals surface area (Å²) in [6.45, 7) is 6.41. The van der Waals surface area contributed by atoms with Crippen LogP contribution in [0.25, 0.3) is 0 Å². The van der Waals surface area contributed by atoms with E-state index in [0.717, 1.165) is 0 Å². The molecule has 4 nitrogen and oxygen atoms in total. The fourth-order valence-electron chi connectivity index (χ4n) is 2.46. The molecule has 88 valence electrons. The molecule has 4 heteroatoms. The molecule has 1 aliphatic heterocycles. The van der Waals surface area contributed by atoms with Crippen LogP contribution in [0, 0.1) is 11.8 Å². The first-order chi connectivity index (χ1) is 6.88. The summed E-state index contributed by atoms with van der Waals surface area (Å²) >= 11 is 0. The van der Waals surface area contributed by atoms with E-state index in [1.54, 1.807) is 0 Å². The van der Waals surface area contributed by atoms with Crippen molar-refractivity contribution < 1.29 is 15.0 Å². The molecule has 0 aromatic carbocycles. The molecule has 0 saturated carbocycles. The Morgan fingerprint density at radius 3 is 2.67 bits per heavy atom. The maximum Gasteiger partial charge on any atom is 0.308 e. The lowest BCUT2D eigenvalue weighted by Gasteiger charge is -2.27. The largest absolute Gasteiger partial charge is 0.481 e. The molecular weight excluding hydrogens is 194 g/mol. The molecule has 0 aromatic heterocycles. The third-order valence-electron chi connectivity index (χ3n) is 3.38. The number of carbonyl (C=O) groups is 1. The Bertz CT molecular complexity index is 240. The van der Waals surface area contributed by atoms with Gasteiger partial charge in [0.2, 0.25) is 0 Å². The van der Waals surface area contributed by atoms with E-state index in [2.05, 4.69) is 5.32 Å². The molecule has 3 atom stereocenters. The van der Waals surface area contributed by atoms with E-state index in [0.29, 0.717) is 19.4 Å². The monoisotopic (exact) mass is 215 g/mol. The van der Waals surface area contributed by atoms with Gasteiger partial charge in [0.15, 0.2) is 0 Å². The van der Waals surface area contributed by atoms with Crippen molar-refractivity contribution in [3.63, 3.8) is 0 Å². The molecule has 1 unspecified atom stereocenters. The lowest BCUT2D eigenvalue weighted by atomic mass is 9.80. The minimum absolute atomic E-state index is 0.0347. The predicted molar refractivity (Wildman–Crippen MR) is 57.6 cm³/mol. The van der Waals surface area contributed by atoms with Gasteiger partial charge in [-0.15, -0.1) is 0 Å². The van der Waals surface area contributed by atoms with Crippen LogP contribution in [-0.2, 0) is 4.79 Å². The van der Waals surface area contributed by atoms with E-state index in [9.17, 15) is 15.0 Å². The molecule has 1 aliphatic rings. The van der Waals surface area contributed by atoms with Crippen molar-refractivity contribution >= 4 is 5.97 Å². The number of rotatable bonds is 4. The van der Waals surface area contributed by atoms with Crippen molar-refractivity contribution in [2.24, 2.45) is 11.8 Å². The number of nitrogens with one attached hydrogen (secondary N) is 1. The second kappa shape index (κ2) is 4.49. The van der Waals surface area contributed by atoms with Gasteiger partial charge in [0.25, 0.3) is 0 Å². The number of aliphatic carboxylic acids is 1. The molecule has 1 rings (SSSR count). The van der Waals surface area contributed by atoms with E-state index < -0.39 is 11.9 Å². The zero-order valence-electron chi connectivity index (χ0n) is 9.66. The first-order valence-electron chi connectivity index (χ1n) is 5.54. The summed E-state index contributed by atoms with van der Waals surface area (Å²) in [5.74, 6) is -1.13. The summed E-state index contributed by atoms with van der Waals surface area (Å²) in [7, 11) is 0. The molecule has 0 aromatic rings. The van der Waals surface area contributed by atoms with Crippen LogP contribution in [0.1, 0.15) is 33.6 Å². The van der Waals surface area contributed by atoms with Crippen LogP contribution in [0.3, 0.4) is 0 Å². The van der Waals surface area contributed by atoms with Gasteiger partial charge in [-0.05, 0) is 39.2 Å². The first-order valence-corrected chi connectivity index (χ1v) is 5.54. The molecule has 0 amide bonds. The average molecular weight is 215 g/mol. The number of hydrogen-bond acceptors (Lipinski definition) is 3. The summed E-state index contributed by atoms with van der Waals surface area (Å²) < 4.78 is 0. The molecule has 1 saturated heterocycles. The van der Waals surface area contributed by atoms with E-state index >= 15 is 0 Å². The number of hydrogen-bond donors (Lipinski definition) is 3. The average Bonchev–Trinajstić information content (AvgIpc) is 2.41. The minimum Gasteiger partial charge on any atom is -0.481 e. The fraction of sp³-hybridized carbons (Fsp3) is 0.909. The summed E-state index contributed by atoms with van der Waals surface area (Å²) in [5.41, 5.74) is -0.371. The van der Waals surface area contributed by atoms with Crippen LogP contribution >= 0.6 is 0 Å². The van der Waals surface area contributed by atoms with Crippen LogP contribution in [0.15, 0.2) is 0 Å². The summed E-state index contributed by atoms with van der Waals surface area (Å²) in [4.78, 5) is 11.2. The van der Waals surface area contributed by atoms with Crippen LogP contribution < -0.4 is 5.32 Å². The molecule has 0 radical (unpaired) electrons. The fourth-order valence-corrected chi connectivity index (χ4v) is 2.46. The topological polar surface area (TPSA) is 69.6 Å². The van der Waals surface area contributed by atoms with Gasteiger partial charge in [0.05, 0.1) is 12.0 Å². The van der Waals surface area contributed by atoms with E-state index in [1.165, 1.54) is 0 Å². The van der Waals surface area contributed by atoms with Crippen molar-refractivity contribution in [2.75, 3.05) is 6.54 Å². The third-order valence-corrected chi connectivity index (χ3v) is 3.38. The van der Waals surface area contributed by atoms with Crippen molar-refractivity contribution in [1.29, 1.82) is 0 Å². The zero-order valence-corrected chi connectivity index (χ0v) is 9.66. The lowest BCUT2D eigenvalue weighted by molar-refractivity contribution is -0.145. The van der Waals surface area contributed by atoms with Crippen LogP contribution in [-0.4, -0.2) is 34.4 Å². The van der Waals surface area contributed by atoms with Gasteiger partial charge in [-0.2, -0.15) is 0 Å². The van der Waals surface area contributed by atoms with Crippen molar-refractivity contribution in [3.05, 3.63) is 0 Å². The quantitative estimate of drug-likeness (QED) is 0.650. The van der Waals surface area contributed by atoms with Gasteiger partial charge < -0.3 is 15.5 Å². The number of carboxylic acids is 1. The Labute approximate surface area is 90.7 Å². The van der Waals surface area contributed by atoms with Gasteiger partial charge in [0.1, 0.15) is 0 Å². The second-order valence-electron chi connectivity index (χ2n) is 4.98. The Morgan fingerprint density at radius 2 is 2.20 bits per heavy atom. The SMILES string of the molecule is CC[C@H](O)CC1CNC(C)(C)[C@H]1C(=O)O. The normalized spacial score (nSPS) is 31.5.